The number of aromatic nitrogens is 2. The molecule has 0 saturated heterocycles. The van der Waals surface area contributed by atoms with Crippen LogP contribution in [-0.2, 0) is 9.84 Å². The molecule has 5 nitrogen and oxygen atoms in total. The second kappa shape index (κ2) is 7.10. The molecule has 1 aromatic carbocycles. The van der Waals surface area contributed by atoms with Crippen molar-refractivity contribution in [3.05, 3.63) is 74.4 Å². The maximum absolute atomic E-state index is 13.6. The lowest BCUT2D eigenvalue weighted by atomic mass is 9.96. The molecule has 8 heteroatoms. The lowest BCUT2D eigenvalue weighted by Crippen LogP contribution is -2.29. The number of anilines is 1. The van der Waals surface area contributed by atoms with Gasteiger partial charge in [0.05, 0.1) is 20.5 Å². The van der Waals surface area contributed by atoms with Crippen LogP contribution in [0.5, 0.6) is 0 Å². The monoisotopic (exact) mass is 435 g/mol. The van der Waals surface area contributed by atoms with Gasteiger partial charge in [0.1, 0.15) is 11.9 Å². The average Bonchev–Trinajstić information content (AvgIpc) is 3.03. The summed E-state index contributed by atoms with van der Waals surface area (Å²) in [6.07, 6.45) is 2.96. The smallest absolute Gasteiger partial charge is 0.206 e. The molecule has 0 amide bonds. The van der Waals surface area contributed by atoms with Gasteiger partial charge in [0, 0.05) is 16.8 Å². The van der Waals surface area contributed by atoms with Crippen molar-refractivity contribution in [1.82, 2.24) is 9.78 Å². The third-order valence-electron chi connectivity index (χ3n) is 4.93. The first-order valence-electron chi connectivity index (χ1n) is 8.87. The van der Waals surface area contributed by atoms with Gasteiger partial charge in [-0.2, -0.15) is 5.10 Å². The summed E-state index contributed by atoms with van der Waals surface area (Å²) in [7, 11) is -3.75. The molecule has 28 heavy (non-hydrogen) atoms. The molecule has 0 spiro atoms. The van der Waals surface area contributed by atoms with Gasteiger partial charge in [0.25, 0.3) is 0 Å². The fourth-order valence-electron chi connectivity index (χ4n) is 3.68. The van der Waals surface area contributed by atoms with Gasteiger partial charge < -0.3 is 5.32 Å². The number of allylic oxidation sites excluding steroid dienone is 6. The van der Waals surface area contributed by atoms with Crippen molar-refractivity contribution in [1.29, 1.82) is 0 Å². The lowest BCUT2D eigenvalue weighted by molar-refractivity contribution is 0.544. The normalized spacial score (nSPS) is 20.0. The zero-order valence-corrected chi connectivity index (χ0v) is 17.7. The third-order valence-corrected chi connectivity index (χ3v) is 7.76. The molecule has 2 aromatic rings. The van der Waals surface area contributed by atoms with Gasteiger partial charge in [-0.25, -0.2) is 13.1 Å². The molecule has 0 radical (unpaired) electrons. The SMILES string of the molecule is CC1=C(S(=O)(=O)c2ccccc2)C(C2=CC(Cl)=C(Cl)CC2)n2nc(C)cc2N1. The van der Waals surface area contributed by atoms with E-state index in [0.717, 1.165) is 17.1 Å². The number of fused-ring (bicyclic) bond motifs is 1. The summed E-state index contributed by atoms with van der Waals surface area (Å²) in [6, 6.07) is 9.77. The Labute approximate surface area is 174 Å². The van der Waals surface area contributed by atoms with E-state index in [1.165, 1.54) is 0 Å². The Morgan fingerprint density at radius 1 is 1.14 bits per heavy atom. The van der Waals surface area contributed by atoms with Gasteiger partial charge >= 0.3 is 0 Å². The van der Waals surface area contributed by atoms with Crippen molar-refractivity contribution in [2.24, 2.45) is 0 Å². The third kappa shape index (κ3) is 3.19. The molecule has 1 aliphatic heterocycles. The molecule has 1 unspecified atom stereocenters. The van der Waals surface area contributed by atoms with E-state index >= 15 is 0 Å². The number of nitrogens with one attached hydrogen (secondary N) is 1. The van der Waals surface area contributed by atoms with Crippen LogP contribution in [0.2, 0.25) is 0 Å². The number of aryl methyl sites for hydroxylation is 1. The van der Waals surface area contributed by atoms with Crippen LogP contribution in [0.15, 0.2) is 73.6 Å². The van der Waals surface area contributed by atoms with Crippen LogP contribution in [0.25, 0.3) is 0 Å². The predicted molar refractivity (Wildman–Crippen MR) is 112 cm³/mol. The Balaban J connectivity index is 1.94. The summed E-state index contributed by atoms with van der Waals surface area (Å²) >= 11 is 12.5. The van der Waals surface area contributed by atoms with Crippen LogP contribution in [0, 0.1) is 6.92 Å². The fraction of sp³-hybridized carbons (Fsp3) is 0.250. The zero-order chi connectivity index (χ0) is 20.1. The molecule has 4 rings (SSSR count). The van der Waals surface area contributed by atoms with Crippen LogP contribution in [-0.4, -0.2) is 18.2 Å². The van der Waals surface area contributed by atoms with E-state index in [0.29, 0.717) is 28.6 Å². The highest BCUT2D eigenvalue weighted by Gasteiger charge is 2.39. The fourth-order valence-corrected chi connectivity index (χ4v) is 5.83. The molecule has 0 fully saturated rings. The van der Waals surface area contributed by atoms with Crippen molar-refractivity contribution in [3.63, 3.8) is 0 Å². The maximum Gasteiger partial charge on any atom is 0.206 e. The van der Waals surface area contributed by atoms with Gasteiger partial charge in [0.2, 0.25) is 9.84 Å². The lowest BCUT2D eigenvalue weighted by Gasteiger charge is -2.32. The molecule has 1 aromatic heterocycles. The number of halogens is 2. The van der Waals surface area contributed by atoms with Gasteiger partial charge in [-0.3, -0.25) is 0 Å². The largest absolute Gasteiger partial charge is 0.343 e. The van der Waals surface area contributed by atoms with Gasteiger partial charge in [-0.1, -0.05) is 41.4 Å². The number of nitrogens with zero attached hydrogens (tertiary/aromatic N) is 2. The van der Waals surface area contributed by atoms with Gasteiger partial charge in [-0.05, 0) is 50.5 Å². The van der Waals surface area contributed by atoms with E-state index in [2.05, 4.69) is 10.4 Å². The Morgan fingerprint density at radius 3 is 2.54 bits per heavy atom. The van der Waals surface area contributed by atoms with Crippen molar-refractivity contribution >= 4 is 38.9 Å². The number of benzene rings is 1. The zero-order valence-electron chi connectivity index (χ0n) is 15.4. The summed E-state index contributed by atoms with van der Waals surface area (Å²) in [4.78, 5) is 0.530. The quantitative estimate of drug-likeness (QED) is 0.712. The summed E-state index contributed by atoms with van der Waals surface area (Å²) in [5, 5.41) is 8.80. The Kier molecular flexibility index (Phi) is 4.89. The molecule has 0 bridgehead atoms. The minimum absolute atomic E-state index is 0.250. The first-order valence-corrected chi connectivity index (χ1v) is 11.1. The molecule has 2 heterocycles. The van der Waals surface area contributed by atoms with Crippen LogP contribution < -0.4 is 5.32 Å². The molecule has 1 N–H and O–H groups in total. The van der Waals surface area contributed by atoms with Crippen LogP contribution in [0.3, 0.4) is 0 Å². The van der Waals surface area contributed by atoms with Crippen molar-refractivity contribution in [2.75, 3.05) is 5.32 Å². The molecular formula is C20H19Cl2N3O2S. The van der Waals surface area contributed by atoms with Crippen LogP contribution in [0.1, 0.15) is 31.5 Å². The standard InChI is InChI=1S/C20H19Cl2N3O2S/c1-12-10-18-23-13(2)20(28(26,27)15-6-4-3-5-7-15)19(25(18)24-12)14-8-9-16(21)17(22)11-14/h3-7,10-11,19,23H,8-9H2,1-2H3. The topological polar surface area (TPSA) is 64.0 Å². The highest BCUT2D eigenvalue weighted by molar-refractivity contribution is 7.95. The molecular weight excluding hydrogens is 417 g/mol. The summed E-state index contributed by atoms with van der Waals surface area (Å²) in [6.45, 7) is 3.66. The van der Waals surface area contributed by atoms with Crippen LogP contribution in [0.4, 0.5) is 5.82 Å². The van der Waals surface area contributed by atoms with E-state index in [1.54, 1.807) is 48.0 Å². The van der Waals surface area contributed by atoms with Crippen molar-refractivity contribution in [3.8, 4) is 0 Å². The highest BCUT2D eigenvalue weighted by atomic mass is 35.5. The Hall–Kier alpha value is -2.02. The van der Waals surface area contributed by atoms with E-state index in [4.69, 9.17) is 23.2 Å². The van der Waals surface area contributed by atoms with E-state index in [-0.39, 0.29) is 9.80 Å². The second-order valence-corrected chi connectivity index (χ2v) is 9.70. The summed E-state index contributed by atoms with van der Waals surface area (Å²) in [5.41, 5.74) is 2.25. The maximum atomic E-state index is 13.6. The Morgan fingerprint density at radius 2 is 1.86 bits per heavy atom. The minimum Gasteiger partial charge on any atom is -0.343 e. The van der Waals surface area contributed by atoms with Crippen molar-refractivity contribution in [2.45, 2.75) is 37.6 Å². The molecule has 0 saturated carbocycles. The molecule has 1 aliphatic carbocycles. The van der Waals surface area contributed by atoms with Crippen LogP contribution >= 0.6 is 23.2 Å². The van der Waals surface area contributed by atoms with E-state index in [1.807, 2.05) is 13.0 Å². The van der Waals surface area contributed by atoms with E-state index < -0.39 is 15.9 Å². The number of rotatable bonds is 3. The first kappa shape index (κ1) is 19.3. The number of hydrogen-bond donors (Lipinski definition) is 1. The molecule has 2 aliphatic rings. The summed E-state index contributed by atoms with van der Waals surface area (Å²) in [5.74, 6) is 0.754. The predicted octanol–water partition coefficient (Wildman–Crippen LogP) is 5.27. The Bertz CT molecular complexity index is 1150. The average molecular weight is 436 g/mol. The highest BCUT2D eigenvalue weighted by Crippen LogP contribution is 2.45. The van der Waals surface area contributed by atoms with E-state index in [9.17, 15) is 8.42 Å². The molecule has 146 valence electrons. The molecule has 1 atom stereocenters. The van der Waals surface area contributed by atoms with Crippen molar-refractivity contribution < 1.29 is 8.42 Å². The summed E-state index contributed by atoms with van der Waals surface area (Å²) < 4.78 is 28.9. The first-order chi connectivity index (χ1) is 13.3. The van der Waals surface area contributed by atoms with Gasteiger partial charge in [-0.15, -0.1) is 0 Å². The van der Waals surface area contributed by atoms with Gasteiger partial charge in [0.15, 0.2) is 0 Å². The number of hydrogen-bond acceptors (Lipinski definition) is 4. The second-order valence-electron chi connectivity index (χ2n) is 6.92. The minimum atomic E-state index is -3.75. The number of sulfone groups is 1.